The maximum atomic E-state index is 13.1. The monoisotopic (exact) mass is 425 g/mol. The molecule has 6 nitrogen and oxygen atoms in total. The fraction of sp³-hybridized carbons (Fsp3) is 0.105. The number of aromatic nitrogens is 2. The normalized spacial score (nSPS) is 11.3. The summed E-state index contributed by atoms with van der Waals surface area (Å²) >= 11 is 0. The molecule has 0 aliphatic carbocycles. The van der Waals surface area contributed by atoms with Crippen molar-refractivity contribution in [2.24, 2.45) is 0 Å². The van der Waals surface area contributed by atoms with E-state index < -0.39 is 35.7 Å². The molecule has 1 N–H and O–H groups in total. The molecule has 3 rings (SSSR count). The number of carbonyl (C=O) groups excluding carboxylic acids is 1. The molecule has 0 aliphatic heterocycles. The van der Waals surface area contributed by atoms with Gasteiger partial charge in [-0.2, -0.15) is 22.0 Å². The number of anilines is 1. The molecule has 0 unspecified atom stereocenters. The highest BCUT2D eigenvalue weighted by atomic mass is 19.4. The molecule has 0 fully saturated rings. The van der Waals surface area contributed by atoms with Crippen LogP contribution >= 0.6 is 0 Å². The first-order chi connectivity index (χ1) is 14.2. The van der Waals surface area contributed by atoms with Crippen LogP contribution in [0.25, 0.3) is 0 Å². The van der Waals surface area contributed by atoms with Crippen molar-refractivity contribution in [3.05, 3.63) is 72.2 Å². The molecule has 1 amide bonds. The van der Waals surface area contributed by atoms with Gasteiger partial charge in [0.1, 0.15) is 17.1 Å². The van der Waals surface area contributed by atoms with Gasteiger partial charge in [0.25, 0.3) is 5.91 Å². The van der Waals surface area contributed by atoms with Crippen molar-refractivity contribution in [3.63, 3.8) is 0 Å². The van der Waals surface area contributed by atoms with Gasteiger partial charge >= 0.3 is 12.8 Å². The molecule has 11 heteroatoms. The Balaban J connectivity index is 1.90. The van der Waals surface area contributed by atoms with Crippen LogP contribution in [0.3, 0.4) is 0 Å². The summed E-state index contributed by atoms with van der Waals surface area (Å²) in [5, 5.41) is 2.40. The Hall–Kier alpha value is -3.76. The van der Waals surface area contributed by atoms with E-state index in [4.69, 9.17) is 4.74 Å². The summed E-state index contributed by atoms with van der Waals surface area (Å²) in [5.41, 5.74) is -1.38. The zero-order valence-electron chi connectivity index (χ0n) is 14.9. The number of amides is 1. The van der Waals surface area contributed by atoms with E-state index in [2.05, 4.69) is 20.0 Å². The number of alkyl halides is 5. The van der Waals surface area contributed by atoms with E-state index in [9.17, 15) is 26.7 Å². The second-order valence-electron chi connectivity index (χ2n) is 5.72. The van der Waals surface area contributed by atoms with Gasteiger partial charge in [-0.05, 0) is 42.5 Å². The first-order valence-electron chi connectivity index (χ1n) is 8.24. The Kier molecular flexibility index (Phi) is 6.09. The van der Waals surface area contributed by atoms with Crippen LogP contribution in [0.4, 0.5) is 27.6 Å². The van der Waals surface area contributed by atoms with E-state index in [1.54, 1.807) is 0 Å². The summed E-state index contributed by atoms with van der Waals surface area (Å²) in [7, 11) is 0. The predicted octanol–water partition coefficient (Wildman–Crippen LogP) is 5.14. The number of nitrogens with one attached hydrogen (secondary N) is 1. The molecule has 3 aromatic rings. The standard InChI is InChI=1S/C19H12F5N3O3/c20-18(21)30-14-5-3-13(4-6-14)29-17-15(8-11(9-26-17)19(22,23)24)16(28)27-12-2-1-7-25-10-12/h1-10,18H,(H,27,28). The van der Waals surface area contributed by atoms with Crippen molar-refractivity contribution in [2.75, 3.05) is 5.32 Å². The molecular weight excluding hydrogens is 413 g/mol. The third-order valence-electron chi connectivity index (χ3n) is 3.61. The van der Waals surface area contributed by atoms with Gasteiger partial charge < -0.3 is 14.8 Å². The van der Waals surface area contributed by atoms with Crippen molar-refractivity contribution in [3.8, 4) is 17.4 Å². The van der Waals surface area contributed by atoms with Gasteiger partial charge in [-0.1, -0.05) is 0 Å². The van der Waals surface area contributed by atoms with Gasteiger partial charge in [-0.3, -0.25) is 9.78 Å². The van der Waals surface area contributed by atoms with Crippen LogP contribution in [-0.2, 0) is 6.18 Å². The number of rotatable bonds is 6. The molecule has 0 radical (unpaired) electrons. The first-order valence-corrected chi connectivity index (χ1v) is 8.24. The molecule has 1 aromatic carbocycles. The number of nitrogens with zero attached hydrogens (tertiary/aromatic N) is 2. The highest BCUT2D eigenvalue weighted by Gasteiger charge is 2.33. The number of pyridine rings is 2. The highest BCUT2D eigenvalue weighted by Crippen LogP contribution is 2.33. The number of hydrogen-bond acceptors (Lipinski definition) is 5. The summed E-state index contributed by atoms with van der Waals surface area (Å²) in [6.45, 7) is -3.02. The van der Waals surface area contributed by atoms with Crippen molar-refractivity contribution in [2.45, 2.75) is 12.8 Å². The molecule has 2 heterocycles. The summed E-state index contributed by atoms with van der Waals surface area (Å²) in [6.07, 6.45) is -1.45. The number of carbonyl (C=O) groups is 1. The molecule has 2 aromatic heterocycles. The highest BCUT2D eigenvalue weighted by molar-refractivity contribution is 6.05. The minimum absolute atomic E-state index is 0.0410. The minimum atomic E-state index is -4.73. The van der Waals surface area contributed by atoms with Crippen molar-refractivity contribution in [1.82, 2.24) is 9.97 Å². The van der Waals surface area contributed by atoms with Gasteiger partial charge in [0.2, 0.25) is 5.88 Å². The van der Waals surface area contributed by atoms with E-state index in [0.29, 0.717) is 12.3 Å². The van der Waals surface area contributed by atoms with Crippen LogP contribution in [0, 0.1) is 0 Å². The molecule has 0 saturated carbocycles. The van der Waals surface area contributed by atoms with Crippen molar-refractivity contribution < 1.29 is 36.2 Å². The zero-order valence-corrected chi connectivity index (χ0v) is 14.9. The van der Waals surface area contributed by atoms with E-state index >= 15 is 0 Å². The van der Waals surface area contributed by atoms with Gasteiger partial charge in [-0.15, -0.1) is 0 Å². The molecule has 0 aliphatic rings. The Bertz CT molecular complexity index is 1010. The quantitative estimate of drug-likeness (QED) is 0.554. The van der Waals surface area contributed by atoms with Crippen LogP contribution in [0.2, 0.25) is 0 Å². The summed E-state index contributed by atoms with van der Waals surface area (Å²) in [6, 6.07) is 8.43. The van der Waals surface area contributed by atoms with E-state index in [1.807, 2.05) is 0 Å². The Morgan fingerprint density at radius 1 is 1.03 bits per heavy atom. The molecule has 156 valence electrons. The average molecular weight is 425 g/mol. The summed E-state index contributed by atoms with van der Waals surface area (Å²) in [5.74, 6) is -1.42. The van der Waals surface area contributed by atoms with Gasteiger partial charge in [0, 0.05) is 12.4 Å². The number of halogens is 5. The fourth-order valence-corrected chi connectivity index (χ4v) is 2.29. The Morgan fingerprint density at radius 2 is 1.73 bits per heavy atom. The average Bonchev–Trinajstić information content (AvgIpc) is 2.69. The molecule has 0 bridgehead atoms. The molecular formula is C19H12F5N3O3. The van der Waals surface area contributed by atoms with Gasteiger partial charge in [-0.25, -0.2) is 4.98 Å². The van der Waals surface area contributed by atoms with Crippen molar-refractivity contribution in [1.29, 1.82) is 0 Å². The number of ether oxygens (including phenoxy) is 2. The summed E-state index contributed by atoms with van der Waals surface area (Å²) in [4.78, 5) is 20.0. The lowest BCUT2D eigenvalue weighted by Crippen LogP contribution is -2.16. The lowest BCUT2D eigenvalue weighted by atomic mass is 10.1. The predicted molar refractivity (Wildman–Crippen MR) is 94.6 cm³/mol. The van der Waals surface area contributed by atoms with Crippen LogP contribution in [0.15, 0.2) is 61.1 Å². The third-order valence-corrected chi connectivity index (χ3v) is 3.61. The topological polar surface area (TPSA) is 73.3 Å². The molecule has 0 saturated heterocycles. The largest absolute Gasteiger partial charge is 0.438 e. The Morgan fingerprint density at radius 3 is 2.33 bits per heavy atom. The minimum Gasteiger partial charge on any atom is -0.438 e. The maximum Gasteiger partial charge on any atom is 0.417 e. The molecule has 0 atom stereocenters. The molecule has 0 spiro atoms. The van der Waals surface area contributed by atoms with Crippen LogP contribution in [0.5, 0.6) is 17.4 Å². The molecule has 30 heavy (non-hydrogen) atoms. The SMILES string of the molecule is O=C(Nc1cccnc1)c1cc(C(F)(F)F)cnc1Oc1ccc(OC(F)F)cc1. The number of benzene rings is 1. The third kappa shape index (κ3) is 5.40. The van der Waals surface area contributed by atoms with E-state index in [1.165, 1.54) is 48.8 Å². The smallest absolute Gasteiger partial charge is 0.417 e. The fourth-order valence-electron chi connectivity index (χ4n) is 2.29. The zero-order chi connectivity index (χ0) is 21.7. The van der Waals surface area contributed by atoms with Gasteiger partial charge in [0.05, 0.1) is 17.4 Å². The lowest BCUT2D eigenvalue weighted by molar-refractivity contribution is -0.137. The van der Waals surface area contributed by atoms with Gasteiger partial charge in [0.15, 0.2) is 0 Å². The van der Waals surface area contributed by atoms with E-state index in [-0.39, 0.29) is 17.2 Å². The van der Waals surface area contributed by atoms with Crippen LogP contribution in [0.1, 0.15) is 15.9 Å². The lowest BCUT2D eigenvalue weighted by Gasteiger charge is -2.13. The van der Waals surface area contributed by atoms with E-state index in [0.717, 1.165) is 0 Å². The first kappa shape index (κ1) is 21.0. The van der Waals surface area contributed by atoms with Crippen LogP contribution in [-0.4, -0.2) is 22.5 Å². The van der Waals surface area contributed by atoms with Crippen molar-refractivity contribution >= 4 is 11.6 Å². The Labute approximate surface area is 166 Å². The second kappa shape index (κ2) is 8.72. The number of hydrogen-bond donors (Lipinski definition) is 1. The second-order valence-corrected chi connectivity index (χ2v) is 5.72. The summed E-state index contributed by atoms with van der Waals surface area (Å²) < 4.78 is 73.2. The van der Waals surface area contributed by atoms with Crippen LogP contribution < -0.4 is 14.8 Å². The maximum absolute atomic E-state index is 13.1.